The molecule has 1 aromatic carbocycles. The van der Waals surface area contributed by atoms with Gasteiger partial charge in [-0.3, -0.25) is 4.98 Å². The first-order valence-corrected chi connectivity index (χ1v) is 6.71. The summed E-state index contributed by atoms with van der Waals surface area (Å²) in [5.74, 6) is 0. The average molecular weight is 243 g/mol. The van der Waals surface area contributed by atoms with Gasteiger partial charge in [0.1, 0.15) is 0 Å². The van der Waals surface area contributed by atoms with E-state index in [0.717, 1.165) is 29.3 Å². The number of benzene rings is 1. The summed E-state index contributed by atoms with van der Waals surface area (Å²) in [5, 5.41) is 11.7. The first-order chi connectivity index (χ1) is 8.63. The van der Waals surface area contributed by atoms with Crippen LogP contribution < -0.4 is 0 Å². The molecule has 0 aliphatic rings. The maximum Gasteiger partial charge on any atom is 0.0869 e. The van der Waals surface area contributed by atoms with Gasteiger partial charge in [-0.15, -0.1) is 0 Å². The van der Waals surface area contributed by atoms with E-state index in [4.69, 9.17) is 0 Å². The maximum atomic E-state index is 10.5. The second kappa shape index (κ2) is 5.49. The summed E-state index contributed by atoms with van der Waals surface area (Å²) >= 11 is 0. The summed E-state index contributed by atoms with van der Waals surface area (Å²) in [6.07, 6.45) is 6.00. The highest BCUT2D eigenvalue weighted by Gasteiger charge is 2.22. The molecule has 2 nitrogen and oxygen atoms in total. The van der Waals surface area contributed by atoms with Crippen molar-refractivity contribution in [1.29, 1.82) is 0 Å². The number of unbranched alkanes of at least 4 members (excludes halogenated alkanes) is 2. The van der Waals surface area contributed by atoms with Crippen molar-refractivity contribution in [3.8, 4) is 0 Å². The van der Waals surface area contributed by atoms with Crippen LogP contribution in [0.25, 0.3) is 10.9 Å². The van der Waals surface area contributed by atoms with E-state index in [1.807, 2.05) is 37.3 Å². The first kappa shape index (κ1) is 13.0. The topological polar surface area (TPSA) is 33.1 Å². The summed E-state index contributed by atoms with van der Waals surface area (Å²) < 4.78 is 0. The van der Waals surface area contributed by atoms with E-state index in [2.05, 4.69) is 11.9 Å². The second-order valence-electron chi connectivity index (χ2n) is 5.14. The lowest BCUT2D eigenvalue weighted by Gasteiger charge is -2.24. The van der Waals surface area contributed by atoms with E-state index in [1.54, 1.807) is 6.20 Å². The van der Waals surface area contributed by atoms with Crippen LogP contribution in [0.1, 0.15) is 45.1 Å². The molecule has 1 N–H and O–H groups in total. The minimum absolute atomic E-state index is 0.749. The van der Waals surface area contributed by atoms with Crippen molar-refractivity contribution in [2.75, 3.05) is 0 Å². The quantitative estimate of drug-likeness (QED) is 0.804. The van der Waals surface area contributed by atoms with Crippen LogP contribution in [0.5, 0.6) is 0 Å². The zero-order valence-electron chi connectivity index (χ0n) is 11.2. The summed E-state index contributed by atoms with van der Waals surface area (Å²) in [6, 6.07) is 10.0. The van der Waals surface area contributed by atoms with Gasteiger partial charge in [-0.1, -0.05) is 44.4 Å². The van der Waals surface area contributed by atoms with Gasteiger partial charge < -0.3 is 5.11 Å². The Bertz CT molecular complexity index is 519. The molecular formula is C16H21NO. The molecular weight excluding hydrogens is 222 g/mol. The number of aliphatic hydroxyl groups is 1. The average Bonchev–Trinajstić information content (AvgIpc) is 2.38. The molecule has 0 aliphatic heterocycles. The van der Waals surface area contributed by atoms with E-state index >= 15 is 0 Å². The molecule has 1 aromatic heterocycles. The van der Waals surface area contributed by atoms with Crippen LogP contribution in [-0.4, -0.2) is 10.1 Å². The van der Waals surface area contributed by atoms with Crippen molar-refractivity contribution in [2.24, 2.45) is 0 Å². The van der Waals surface area contributed by atoms with Crippen molar-refractivity contribution in [3.63, 3.8) is 0 Å². The molecule has 0 aliphatic carbocycles. The van der Waals surface area contributed by atoms with Crippen LogP contribution in [0.4, 0.5) is 0 Å². The lowest BCUT2D eigenvalue weighted by Crippen LogP contribution is -2.20. The Hall–Kier alpha value is -1.41. The van der Waals surface area contributed by atoms with Gasteiger partial charge in [0.15, 0.2) is 0 Å². The molecule has 0 bridgehead atoms. The van der Waals surface area contributed by atoms with Crippen LogP contribution in [0.2, 0.25) is 0 Å². The number of aromatic nitrogens is 1. The molecule has 96 valence electrons. The smallest absolute Gasteiger partial charge is 0.0869 e. The Balaban J connectivity index is 2.23. The third-order valence-electron chi connectivity index (χ3n) is 3.49. The van der Waals surface area contributed by atoms with Crippen molar-refractivity contribution >= 4 is 10.9 Å². The maximum absolute atomic E-state index is 10.5. The molecule has 0 saturated heterocycles. The Kier molecular flexibility index (Phi) is 3.97. The second-order valence-corrected chi connectivity index (χ2v) is 5.14. The normalized spacial score (nSPS) is 14.6. The molecule has 1 atom stereocenters. The van der Waals surface area contributed by atoms with Gasteiger partial charge in [0.05, 0.1) is 11.1 Å². The van der Waals surface area contributed by atoms with Gasteiger partial charge in [-0.2, -0.15) is 0 Å². The van der Waals surface area contributed by atoms with Crippen LogP contribution in [0, 0.1) is 0 Å². The van der Waals surface area contributed by atoms with Crippen LogP contribution in [0.15, 0.2) is 36.5 Å². The largest absolute Gasteiger partial charge is 0.385 e. The fourth-order valence-corrected chi connectivity index (χ4v) is 2.27. The first-order valence-electron chi connectivity index (χ1n) is 6.71. The third kappa shape index (κ3) is 2.88. The summed E-state index contributed by atoms with van der Waals surface area (Å²) in [5.41, 5.74) is 1.16. The van der Waals surface area contributed by atoms with Gasteiger partial charge in [0.2, 0.25) is 0 Å². The molecule has 2 aromatic rings. The monoisotopic (exact) mass is 243 g/mol. The zero-order chi connectivity index (χ0) is 13.0. The molecule has 0 amide bonds. The highest BCUT2D eigenvalue weighted by molar-refractivity contribution is 5.79. The Morgan fingerprint density at radius 3 is 2.83 bits per heavy atom. The number of hydrogen-bond donors (Lipinski definition) is 1. The molecule has 0 saturated carbocycles. The van der Waals surface area contributed by atoms with Gasteiger partial charge in [0, 0.05) is 11.6 Å². The lowest BCUT2D eigenvalue weighted by molar-refractivity contribution is 0.0451. The molecule has 2 rings (SSSR count). The molecule has 0 fully saturated rings. The number of rotatable bonds is 5. The van der Waals surface area contributed by atoms with E-state index in [0.29, 0.717) is 0 Å². The molecule has 1 heterocycles. The van der Waals surface area contributed by atoms with E-state index < -0.39 is 5.60 Å². The highest BCUT2D eigenvalue weighted by atomic mass is 16.3. The fourth-order valence-electron chi connectivity index (χ4n) is 2.27. The zero-order valence-corrected chi connectivity index (χ0v) is 11.2. The van der Waals surface area contributed by atoms with Crippen molar-refractivity contribution in [1.82, 2.24) is 4.98 Å². The standard InChI is InChI=1S/C16H21NO/c1-3-4-5-10-16(2,18)14-9-8-13-7-6-11-17-15(13)12-14/h6-9,11-12,18H,3-5,10H2,1-2H3. The highest BCUT2D eigenvalue weighted by Crippen LogP contribution is 2.28. The third-order valence-corrected chi connectivity index (χ3v) is 3.49. The van der Waals surface area contributed by atoms with Crippen molar-refractivity contribution in [3.05, 3.63) is 42.1 Å². The number of pyridine rings is 1. The van der Waals surface area contributed by atoms with Crippen molar-refractivity contribution in [2.45, 2.75) is 45.1 Å². The predicted molar refractivity (Wildman–Crippen MR) is 75.5 cm³/mol. The molecule has 18 heavy (non-hydrogen) atoms. The number of nitrogens with zero attached hydrogens (tertiary/aromatic N) is 1. The molecule has 2 heteroatoms. The Labute approximate surface area is 109 Å². The van der Waals surface area contributed by atoms with Gasteiger partial charge in [0.25, 0.3) is 0 Å². The van der Waals surface area contributed by atoms with Crippen LogP contribution in [0.3, 0.4) is 0 Å². The lowest BCUT2D eigenvalue weighted by atomic mass is 9.89. The summed E-state index contributed by atoms with van der Waals surface area (Å²) in [6.45, 7) is 4.07. The van der Waals surface area contributed by atoms with Gasteiger partial charge >= 0.3 is 0 Å². The minimum atomic E-state index is -0.749. The van der Waals surface area contributed by atoms with E-state index in [1.165, 1.54) is 12.8 Å². The molecule has 0 radical (unpaired) electrons. The molecule has 0 spiro atoms. The van der Waals surface area contributed by atoms with Crippen molar-refractivity contribution < 1.29 is 5.11 Å². The van der Waals surface area contributed by atoms with Gasteiger partial charge in [-0.25, -0.2) is 0 Å². The summed E-state index contributed by atoms with van der Waals surface area (Å²) in [4.78, 5) is 4.34. The van der Waals surface area contributed by atoms with E-state index in [-0.39, 0.29) is 0 Å². The summed E-state index contributed by atoms with van der Waals surface area (Å²) in [7, 11) is 0. The Morgan fingerprint density at radius 2 is 2.06 bits per heavy atom. The molecule has 1 unspecified atom stereocenters. The van der Waals surface area contributed by atoms with Crippen LogP contribution in [-0.2, 0) is 5.60 Å². The van der Waals surface area contributed by atoms with Gasteiger partial charge in [-0.05, 0) is 31.0 Å². The number of hydrogen-bond acceptors (Lipinski definition) is 2. The fraction of sp³-hybridized carbons (Fsp3) is 0.438. The predicted octanol–water partition coefficient (Wildman–Crippen LogP) is 4.02. The SMILES string of the molecule is CCCCCC(C)(O)c1ccc2cccnc2c1. The minimum Gasteiger partial charge on any atom is -0.385 e. The van der Waals surface area contributed by atoms with E-state index in [9.17, 15) is 5.11 Å². The van der Waals surface area contributed by atoms with Crippen LogP contribution >= 0.6 is 0 Å². The number of fused-ring (bicyclic) bond motifs is 1. The Morgan fingerprint density at radius 1 is 1.22 bits per heavy atom.